The number of hydrogen-bond acceptors (Lipinski definition) is 6. The molecule has 1 aliphatic carbocycles. The summed E-state index contributed by atoms with van der Waals surface area (Å²) in [4.78, 5) is 7.31. The number of nitrogens with zero attached hydrogens (tertiary/aromatic N) is 3. The largest absolute Gasteiger partial charge is 0.486 e. The zero-order valence-electron chi connectivity index (χ0n) is 41.9. The number of benzene rings is 10. The van der Waals surface area contributed by atoms with Crippen LogP contribution in [0.3, 0.4) is 0 Å². The van der Waals surface area contributed by atoms with E-state index in [9.17, 15) is 0 Å². The van der Waals surface area contributed by atoms with Gasteiger partial charge in [-0.2, -0.15) is 0 Å². The van der Waals surface area contributed by atoms with Crippen LogP contribution in [0, 0.1) is 6.92 Å². The van der Waals surface area contributed by atoms with Crippen molar-refractivity contribution in [1.29, 1.82) is 0 Å². The molecule has 0 saturated carbocycles. The van der Waals surface area contributed by atoms with Crippen LogP contribution in [0.1, 0.15) is 30.5 Å². The van der Waals surface area contributed by atoms with Gasteiger partial charge in [-0.05, 0) is 165 Å². The highest BCUT2D eigenvalue weighted by molar-refractivity contribution is 7.00. The van der Waals surface area contributed by atoms with Gasteiger partial charge in [0.15, 0.2) is 11.5 Å². The summed E-state index contributed by atoms with van der Waals surface area (Å²) in [5.41, 5.74) is 23.6. The lowest BCUT2D eigenvalue weighted by atomic mass is 9.33. The fraction of sp³-hybridized carbons (Fsp3) is 0.0882. The van der Waals surface area contributed by atoms with Crippen LogP contribution >= 0.6 is 0 Å². The van der Waals surface area contributed by atoms with E-state index < -0.39 is 0 Å². The number of fused-ring (bicyclic) bond motifs is 10. The van der Waals surface area contributed by atoms with E-state index in [2.05, 4.69) is 254 Å². The summed E-state index contributed by atoms with van der Waals surface area (Å²) in [5.74, 6) is 2.36. The lowest BCUT2D eigenvalue weighted by Crippen LogP contribution is -2.61. The molecule has 6 nitrogen and oxygen atoms in total. The first kappa shape index (κ1) is 43.4. The minimum Gasteiger partial charge on any atom is -0.486 e. The molecule has 4 aliphatic rings. The topological polar surface area (TPSA) is 41.3 Å². The summed E-state index contributed by atoms with van der Waals surface area (Å²) in [6.07, 6.45) is 0. The maximum Gasteiger partial charge on any atom is 0.252 e. The normalized spacial score (nSPS) is 14.2. The fourth-order valence-corrected chi connectivity index (χ4v) is 12.6. The molecule has 0 unspecified atom stereocenters. The Morgan fingerprint density at radius 2 is 1.15 bits per heavy atom. The van der Waals surface area contributed by atoms with Crippen LogP contribution in [0.2, 0.25) is 0 Å². The highest BCUT2D eigenvalue weighted by atomic mass is 16.6. The highest BCUT2D eigenvalue weighted by Gasteiger charge is 2.46. The molecule has 1 aromatic heterocycles. The zero-order chi connectivity index (χ0) is 49.9. The summed E-state index contributed by atoms with van der Waals surface area (Å²) < 4.78 is 19.8. The van der Waals surface area contributed by atoms with E-state index in [1.165, 1.54) is 33.2 Å². The van der Waals surface area contributed by atoms with Crippen molar-refractivity contribution >= 4 is 85.3 Å². The number of para-hydroxylation sites is 4. The van der Waals surface area contributed by atoms with Crippen molar-refractivity contribution < 1.29 is 13.9 Å². The van der Waals surface area contributed by atoms with E-state index in [1.54, 1.807) is 0 Å². The number of ether oxygens (including phenoxy) is 2. The van der Waals surface area contributed by atoms with Gasteiger partial charge in [0, 0.05) is 61.9 Å². The van der Waals surface area contributed by atoms with E-state index >= 15 is 0 Å². The average molecular weight is 968 g/mol. The molecule has 75 heavy (non-hydrogen) atoms. The third-order valence-corrected chi connectivity index (χ3v) is 16.0. The number of hydrogen-bond donors (Lipinski definition) is 0. The first-order valence-corrected chi connectivity index (χ1v) is 26.0. The molecule has 0 fully saturated rings. The van der Waals surface area contributed by atoms with Crippen molar-refractivity contribution in [2.24, 2.45) is 0 Å². The molecule has 358 valence electrons. The lowest BCUT2D eigenvalue weighted by Gasteiger charge is -2.45. The molecule has 10 aromatic carbocycles. The molecule has 0 bridgehead atoms. The van der Waals surface area contributed by atoms with Crippen molar-refractivity contribution in [2.75, 3.05) is 27.9 Å². The predicted molar refractivity (Wildman–Crippen MR) is 309 cm³/mol. The number of rotatable bonds is 7. The van der Waals surface area contributed by atoms with Crippen molar-refractivity contribution in [1.82, 2.24) is 0 Å². The molecule has 7 heteroatoms. The van der Waals surface area contributed by atoms with Crippen LogP contribution in [-0.2, 0) is 5.41 Å². The third-order valence-electron chi connectivity index (χ3n) is 16.0. The molecule has 0 spiro atoms. The fourth-order valence-electron chi connectivity index (χ4n) is 12.6. The molecule has 0 saturated heterocycles. The smallest absolute Gasteiger partial charge is 0.252 e. The van der Waals surface area contributed by atoms with E-state index in [4.69, 9.17) is 13.9 Å². The molecular formula is C68H50BN3O3. The minimum absolute atomic E-state index is 0.151. The standard InChI is InChI=1S/C68H50BN3O3/c1-43-35-60-65-61(36-43)72(50-22-11-6-12-23-50)66-58(31-32-63-67(66)74-34-33-73-63)69(65)57-30-28-51(70(48-18-7-4-8-19-48)49-20-9-5-10-21-49)42-59(57)71(60)52-38-46(37-47(39-52)64-41-45-17-13-16-26-62(45)75-64)44-27-29-54-53-24-14-15-25-55(53)68(2,3)56(54)40-44/h4-32,35-42H,33-34H2,1-3H3. The van der Waals surface area contributed by atoms with E-state index in [1.807, 2.05) is 6.07 Å². The SMILES string of the molecule is Cc1cc2c3c(c1)N(c1ccccc1)c1c(ccc4c1OCCO4)B3c1ccc(N(c3ccccc3)c3ccccc3)cc1N2c1cc(-c2ccc3c(c2)C(C)(C)c2ccccc2-3)cc(-c2cc3ccccc3o2)c1. The first-order chi connectivity index (χ1) is 36.9. The van der Waals surface area contributed by atoms with Crippen LogP contribution < -0.4 is 40.6 Å². The van der Waals surface area contributed by atoms with Crippen LogP contribution in [0.5, 0.6) is 11.5 Å². The number of anilines is 9. The second-order valence-electron chi connectivity index (χ2n) is 20.8. The van der Waals surface area contributed by atoms with Gasteiger partial charge in [-0.3, -0.25) is 0 Å². The second kappa shape index (κ2) is 16.7. The first-order valence-electron chi connectivity index (χ1n) is 26.0. The molecule has 3 aliphatic heterocycles. The van der Waals surface area contributed by atoms with Gasteiger partial charge in [0.1, 0.15) is 24.6 Å². The molecule has 0 N–H and O–H groups in total. The summed E-state index contributed by atoms with van der Waals surface area (Å²) in [6, 6.07) is 81.8. The molecule has 0 radical (unpaired) electrons. The minimum atomic E-state index is -0.167. The van der Waals surface area contributed by atoms with Gasteiger partial charge in [0.05, 0.1) is 5.69 Å². The van der Waals surface area contributed by atoms with Crippen LogP contribution in [-0.4, -0.2) is 19.9 Å². The Hall–Kier alpha value is -9.20. The van der Waals surface area contributed by atoms with Crippen LogP contribution in [0.25, 0.3) is 44.5 Å². The van der Waals surface area contributed by atoms with Crippen molar-refractivity contribution in [2.45, 2.75) is 26.2 Å². The summed E-state index contributed by atoms with van der Waals surface area (Å²) in [5, 5.41) is 1.07. The van der Waals surface area contributed by atoms with Crippen LogP contribution in [0.4, 0.5) is 51.2 Å². The summed E-state index contributed by atoms with van der Waals surface area (Å²) >= 11 is 0. The third kappa shape index (κ3) is 6.74. The van der Waals surface area contributed by atoms with E-state index in [0.717, 1.165) is 107 Å². The van der Waals surface area contributed by atoms with Gasteiger partial charge in [0.2, 0.25) is 0 Å². The van der Waals surface area contributed by atoms with Crippen molar-refractivity contribution in [3.8, 4) is 45.1 Å². The zero-order valence-corrected chi connectivity index (χ0v) is 41.9. The van der Waals surface area contributed by atoms with Gasteiger partial charge < -0.3 is 28.6 Å². The van der Waals surface area contributed by atoms with Gasteiger partial charge in [-0.1, -0.05) is 135 Å². The van der Waals surface area contributed by atoms with Crippen molar-refractivity contribution in [3.63, 3.8) is 0 Å². The molecule has 0 amide bonds. The Kier molecular flexibility index (Phi) is 9.64. The predicted octanol–water partition coefficient (Wildman–Crippen LogP) is 15.7. The second-order valence-corrected chi connectivity index (χ2v) is 20.8. The lowest BCUT2D eigenvalue weighted by molar-refractivity contribution is 0.172. The maximum atomic E-state index is 6.80. The number of aryl methyl sites for hydroxylation is 1. The Labute approximate surface area is 437 Å². The Morgan fingerprint density at radius 3 is 1.93 bits per heavy atom. The number of furan rings is 1. The molecule has 4 heterocycles. The van der Waals surface area contributed by atoms with E-state index in [0.29, 0.717) is 13.2 Å². The Morgan fingerprint density at radius 1 is 0.480 bits per heavy atom. The molecular weight excluding hydrogens is 918 g/mol. The quantitative estimate of drug-likeness (QED) is 0.148. The van der Waals surface area contributed by atoms with Gasteiger partial charge >= 0.3 is 0 Å². The Bertz CT molecular complexity index is 4020. The van der Waals surface area contributed by atoms with Gasteiger partial charge in [-0.25, -0.2) is 0 Å². The Balaban J connectivity index is 1.02. The maximum absolute atomic E-state index is 6.80. The molecule has 0 atom stereocenters. The summed E-state index contributed by atoms with van der Waals surface area (Å²) in [6.45, 7) is 7.77. The van der Waals surface area contributed by atoms with Crippen LogP contribution in [0.15, 0.2) is 229 Å². The van der Waals surface area contributed by atoms with Crippen molar-refractivity contribution in [3.05, 3.63) is 241 Å². The monoisotopic (exact) mass is 967 g/mol. The van der Waals surface area contributed by atoms with Gasteiger partial charge in [0.25, 0.3) is 6.71 Å². The van der Waals surface area contributed by atoms with E-state index in [-0.39, 0.29) is 12.1 Å². The molecule has 11 aromatic rings. The highest BCUT2D eigenvalue weighted by Crippen LogP contribution is 2.53. The van der Waals surface area contributed by atoms with Gasteiger partial charge in [-0.15, -0.1) is 0 Å². The average Bonchev–Trinajstić information content (AvgIpc) is 4.01. The molecule has 15 rings (SSSR count). The summed E-state index contributed by atoms with van der Waals surface area (Å²) in [7, 11) is 0.